The highest BCUT2D eigenvalue weighted by Crippen LogP contribution is 2.07. The zero-order valence-corrected chi connectivity index (χ0v) is 9.58. The van der Waals surface area contributed by atoms with E-state index in [-0.39, 0.29) is 18.0 Å². The molecule has 0 aliphatic carbocycles. The topological polar surface area (TPSA) is 17.1 Å². The van der Waals surface area contributed by atoms with Crippen molar-refractivity contribution in [3.8, 4) is 0 Å². The minimum absolute atomic E-state index is 0.0406. The van der Waals surface area contributed by atoms with Crippen LogP contribution in [-0.2, 0) is 11.2 Å². The molecule has 86 valence electrons. The summed E-state index contributed by atoms with van der Waals surface area (Å²) >= 11 is 0. The molecule has 0 aliphatic heterocycles. The molecule has 0 amide bonds. The molecule has 0 saturated carbocycles. The third kappa shape index (κ3) is 4.39. The van der Waals surface area contributed by atoms with Crippen molar-refractivity contribution in [3.63, 3.8) is 0 Å². The number of hydrogen-bond donors (Lipinski definition) is 0. The Morgan fingerprint density at radius 2 is 2.12 bits per heavy atom. The van der Waals surface area contributed by atoms with Crippen LogP contribution < -0.4 is 0 Å². The lowest BCUT2D eigenvalue weighted by Gasteiger charge is -1.98. The van der Waals surface area contributed by atoms with E-state index in [2.05, 4.69) is 6.92 Å². The van der Waals surface area contributed by atoms with Gasteiger partial charge < -0.3 is 0 Å². The van der Waals surface area contributed by atoms with Crippen molar-refractivity contribution in [2.75, 3.05) is 0 Å². The second-order valence-corrected chi connectivity index (χ2v) is 3.78. The molecule has 16 heavy (non-hydrogen) atoms. The van der Waals surface area contributed by atoms with Gasteiger partial charge >= 0.3 is 0 Å². The Balaban J connectivity index is 2.46. The molecule has 0 atom stereocenters. The average Bonchev–Trinajstić information content (AvgIpc) is 2.28. The van der Waals surface area contributed by atoms with Crippen LogP contribution >= 0.6 is 0 Å². The number of carbonyl (C=O) groups excluding carboxylic acids is 1. The summed E-state index contributed by atoms with van der Waals surface area (Å²) in [6, 6.07) is 6.39. The predicted molar refractivity (Wildman–Crippen MR) is 63.8 cm³/mol. The van der Waals surface area contributed by atoms with Crippen LogP contribution in [0.25, 0.3) is 0 Å². The van der Waals surface area contributed by atoms with Gasteiger partial charge in [-0.15, -0.1) is 0 Å². The lowest BCUT2D eigenvalue weighted by Crippen LogP contribution is -2.00. The molecule has 0 bridgehead atoms. The maximum Gasteiger partial charge on any atom is 0.159 e. The van der Waals surface area contributed by atoms with Crippen LogP contribution in [0.1, 0.15) is 31.7 Å². The van der Waals surface area contributed by atoms with E-state index >= 15 is 0 Å². The third-order valence-electron chi connectivity index (χ3n) is 2.35. The smallest absolute Gasteiger partial charge is 0.159 e. The molecule has 0 saturated heterocycles. The van der Waals surface area contributed by atoms with E-state index in [0.29, 0.717) is 5.56 Å². The summed E-state index contributed by atoms with van der Waals surface area (Å²) in [6.07, 6.45) is 6.69. The monoisotopic (exact) mass is 220 g/mol. The SMILES string of the molecule is CCCC/C=C/C(=O)Cc1ccccc1F. The summed E-state index contributed by atoms with van der Waals surface area (Å²) in [5.41, 5.74) is 0.465. The molecule has 1 aromatic rings. The number of allylic oxidation sites excluding steroid dienone is 2. The van der Waals surface area contributed by atoms with Gasteiger partial charge in [0, 0.05) is 6.42 Å². The zero-order chi connectivity index (χ0) is 11.8. The predicted octanol–water partition coefficient (Wildman–Crippen LogP) is 3.68. The van der Waals surface area contributed by atoms with Gasteiger partial charge in [0.05, 0.1) is 0 Å². The van der Waals surface area contributed by atoms with Crippen molar-refractivity contribution >= 4 is 5.78 Å². The second kappa shape index (κ2) is 6.94. The number of benzene rings is 1. The highest BCUT2D eigenvalue weighted by atomic mass is 19.1. The highest BCUT2D eigenvalue weighted by Gasteiger charge is 2.04. The van der Waals surface area contributed by atoms with Crippen LogP contribution in [0.15, 0.2) is 36.4 Å². The van der Waals surface area contributed by atoms with Crippen molar-refractivity contribution in [2.24, 2.45) is 0 Å². The maximum atomic E-state index is 13.2. The lowest BCUT2D eigenvalue weighted by atomic mass is 10.1. The van der Waals surface area contributed by atoms with E-state index in [1.807, 2.05) is 6.08 Å². The summed E-state index contributed by atoms with van der Waals surface area (Å²) in [6.45, 7) is 2.11. The zero-order valence-electron chi connectivity index (χ0n) is 9.58. The largest absolute Gasteiger partial charge is 0.294 e. The van der Waals surface area contributed by atoms with Gasteiger partial charge in [-0.3, -0.25) is 4.79 Å². The van der Waals surface area contributed by atoms with Crippen molar-refractivity contribution in [1.82, 2.24) is 0 Å². The van der Waals surface area contributed by atoms with Crippen LogP contribution in [0.3, 0.4) is 0 Å². The molecular formula is C14H17FO. The van der Waals surface area contributed by atoms with Crippen LogP contribution in [0.5, 0.6) is 0 Å². The van der Waals surface area contributed by atoms with Gasteiger partial charge in [-0.2, -0.15) is 0 Å². The molecule has 0 fully saturated rings. The Hall–Kier alpha value is -1.44. The summed E-state index contributed by atoms with van der Waals surface area (Å²) in [4.78, 5) is 11.5. The number of hydrogen-bond acceptors (Lipinski definition) is 1. The molecule has 0 aromatic heterocycles. The summed E-state index contributed by atoms with van der Waals surface area (Å²) in [5, 5.41) is 0. The van der Waals surface area contributed by atoms with Crippen LogP contribution in [0.4, 0.5) is 4.39 Å². The first-order valence-electron chi connectivity index (χ1n) is 5.66. The Morgan fingerprint density at radius 3 is 2.81 bits per heavy atom. The number of rotatable bonds is 6. The van der Waals surface area contributed by atoms with Gasteiger partial charge in [0.15, 0.2) is 5.78 Å². The van der Waals surface area contributed by atoms with Crippen molar-refractivity contribution in [1.29, 1.82) is 0 Å². The van der Waals surface area contributed by atoms with E-state index in [9.17, 15) is 9.18 Å². The highest BCUT2D eigenvalue weighted by molar-refractivity contribution is 5.91. The first kappa shape index (κ1) is 12.6. The average molecular weight is 220 g/mol. The van der Waals surface area contributed by atoms with Crippen LogP contribution in [0.2, 0.25) is 0 Å². The molecule has 1 nitrogen and oxygen atoms in total. The second-order valence-electron chi connectivity index (χ2n) is 3.78. The van der Waals surface area contributed by atoms with Crippen molar-refractivity contribution in [2.45, 2.75) is 32.6 Å². The first-order valence-corrected chi connectivity index (χ1v) is 5.66. The molecule has 0 unspecified atom stereocenters. The minimum Gasteiger partial charge on any atom is -0.294 e. The van der Waals surface area contributed by atoms with Crippen molar-refractivity contribution in [3.05, 3.63) is 47.8 Å². The molecule has 2 heteroatoms. The Bertz CT molecular complexity index is 369. The standard InChI is InChI=1S/C14H17FO/c1-2-3-4-5-9-13(16)11-12-8-6-7-10-14(12)15/h5-10H,2-4,11H2,1H3/b9-5+. The van der Waals surface area contributed by atoms with E-state index in [4.69, 9.17) is 0 Å². The summed E-state index contributed by atoms with van der Waals surface area (Å²) in [7, 11) is 0. The Morgan fingerprint density at radius 1 is 1.38 bits per heavy atom. The Labute approximate surface area is 96.0 Å². The van der Waals surface area contributed by atoms with Gasteiger partial charge in [0.2, 0.25) is 0 Å². The molecule has 0 N–H and O–H groups in total. The number of unbranched alkanes of at least 4 members (excludes halogenated alkanes) is 2. The van der Waals surface area contributed by atoms with E-state index in [1.165, 1.54) is 6.07 Å². The number of ketones is 1. The van der Waals surface area contributed by atoms with Crippen LogP contribution in [-0.4, -0.2) is 5.78 Å². The van der Waals surface area contributed by atoms with Gasteiger partial charge in [0.1, 0.15) is 5.82 Å². The molecule has 1 rings (SSSR count). The van der Waals surface area contributed by atoms with Gasteiger partial charge in [-0.25, -0.2) is 4.39 Å². The van der Waals surface area contributed by atoms with Crippen LogP contribution in [0, 0.1) is 5.82 Å². The molecule has 0 aliphatic rings. The van der Waals surface area contributed by atoms with E-state index in [1.54, 1.807) is 24.3 Å². The molecule has 0 radical (unpaired) electrons. The molecule has 0 spiro atoms. The third-order valence-corrected chi connectivity index (χ3v) is 2.35. The molecule has 1 aromatic carbocycles. The fourth-order valence-electron chi connectivity index (χ4n) is 1.43. The quantitative estimate of drug-likeness (QED) is 0.528. The van der Waals surface area contributed by atoms with E-state index in [0.717, 1.165) is 19.3 Å². The molecular weight excluding hydrogens is 203 g/mol. The van der Waals surface area contributed by atoms with Gasteiger partial charge in [0.25, 0.3) is 0 Å². The number of carbonyl (C=O) groups is 1. The normalized spacial score (nSPS) is 10.9. The van der Waals surface area contributed by atoms with Gasteiger partial charge in [-0.05, 0) is 24.1 Å². The lowest BCUT2D eigenvalue weighted by molar-refractivity contribution is -0.114. The minimum atomic E-state index is -0.308. The fraction of sp³-hybridized carbons (Fsp3) is 0.357. The maximum absolute atomic E-state index is 13.2. The Kier molecular flexibility index (Phi) is 5.48. The fourth-order valence-corrected chi connectivity index (χ4v) is 1.43. The summed E-state index contributed by atoms with van der Waals surface area (Å²) < 4.78 is 13.2. The number of halogens is 1. The first-order chi connectivity index (χ1) is 7.74. The van der Waals surface area contributed by atoms with E-state index < -0.39 is 0 Å². The van der Waals surface area contributed by atoms with Crippen molar-refractivity contribution < 1.29 is 9.18 Å². The summed E-state index contributed by atoms with van der Waals surface area (Å²) in [5.74, 6) is -0.348. The van der Waals surface area contributed by atoms with Gasteiger partial charge in [-0.1, -0.05) is 44.0 Å². The molecule has 0 heterocycles.